The third kappa shape index (κ3) is 2.54. The molecule has 98 valence electrons. The highest BCUT2D eigenvalue weighted by atomic mass is 32.1. The summed E-state index contributed by atoms with van der Waals surface area (Å²) in [6, 6.07) is 1.72. The largest absolute Gasteiger partial charge is 0.465 e. The molecule has 6 heteroatoms. The van der Waals surface area contributed by atoms with Crippen molar-refractivity contribution in [3.8, 4) is 0 Å². The first kappa shape index (κ1) is 13.0. The lowest BCUT2D eigenvalue weighted by Gasteiger charge is -2.14. The molecule has 2 heterocycles. The van der Waals surface area contributed by atoms with E-state index in [0.29, 0.717) is 23.0 Å². The number of rotatable bonds is 3. The molecule has 18 heavy (non-hydrogen) atoms. The van der Waals surface area contributed by atoms with Crippen molar-refractivity contribution in [3.05, 3.63) is 16.3 Å². The molecule has 1 aromatic rings. The van der Waals surface area contributed by atoms with Gasteiger partial charge in [0.15, 0.2) is 0 Å². The molecule has 1 amide bonds. The average molecular weight is 268 g/mol. The Morgan fingerprint density at radius 3 is 2.89 bits per heavy atom. The van der Waals surface area contributed by atoms with Crippen LogP contribution in [0.3, 0.4) is 0 Å². The molecule has 2 rings (SSSR count). The molecule has 0 bridgehead atoms. The fourth-order valence-electron chi connectivity index (χ4n) is 2.04. The minimum atomic E-state index is -0.419. The Morgan fingerprint density at radius 1 is 1.50 bits per heavy atom. The zero-order valence-electron chi connectivity index (χ0n) is 10.4. The molecular formula is C12H16N2O3S. The summed E-state index contributed by atoms with van der Waals surface area (Å²) < 4.78 is 4.67. The number of hydrogen-bond donors (Lipinski definition) is 2. The van der Waals surface area contributed by atoms with Gasteiger partial charge < -0.3 is 15.4 Å². The van der Waals surface area contributed by atoms with E-state index in [-0.39, 0.29) is 11.8 Å². The van der Waals surface area contributed by atoms with Gasteiger partial charge in [-0.05, 0) is 23.9 Å². The van der Waals surface area contributed by atoms with E-state index in [1.165, 1.54) is 18.4 Å². The zero-order valence-corrected chi connectivity index (χ0v) is 11.2. The number of thiophene rings is 1. The Kier molecular flexibility index (Phi) is 3.98. The first-order chi connectivity index (χ1) is 8.63. The highest BCUT2D eigenvalue weighted by Gasteiger charge is 2.30. The van der Waals surface area contributed by atoms with Crippen molar-refractivity contribution in [2.24, 2.45) is 11.8 Å². The van der Waals surface area contributed by atoms with E-state index in [1.807, 2.05) is 6.92 Å². The lowest BCUT2D eigenvalue weighted by atomic mass is 9.97. The first-order valence-electron chi connectivity index (χ1n) is 5.81. The van der Waals surface area contributed by atoms with Crippen LogP contribution < -0.4 is 10.6 Å². The van der Waals surface area contributed by atoms with Crippen LogP contribution >= 0.6 is 11.3 Å². The average Bonchev–Trinajstić information content (AvgIpc) is 2.97. The van der Waals surface area contributed by atoms with E-state index in [2.05, 4.69) is 15.4 Å². The highest BCUT2D eigenvalue weighted by molar-refractivity contribution is 7.12. The summed E-state index contributed by atoms with van der Waals surface area (Å²) in [5.41, 5.74) is 0.538. The van der Waals surface area contributed by atoms with Gasteiger partial charge in [0, 0.05) is 6.54 Å². The summed E-state index contributed by atoms with van der Waals surface area (Å²) in [4.78, 5) is 24.0. The van der Waals surface area contributed by atoms with Crippen LogP contribution in [0.25, 0.3) is 0 Å². The first-order valence-corrected chi connectivity index (χ1v) is 6.69. The molecular weight excluding hydrogens is 252 g/mol. The van der Waals surface area contributed by atoms with E-state index >= 15 is 0 Å². The van der Waals surface area contributed by atoms with E-state index < -0.39 is 5.97 Å². The number of hydrogen-bond acceptors (Lipinski definition) is 5. The topological polar surface area (TPSA) is 67.4 Å². The van der Waals surface area contributed by atoms with Crippen LogP contribution in [0.15, 0.2) is 11.4 Å². The van der Waals surface area contributed by atoms with Crippen molar-refractivity contribution in [1.29, 1.82) is 0 Å². The molecule has 2 atom stereocenters. The fourth-order valence-corrected chi connectivity index (χ4v) is 2.81. The van der Waals surface area contributed by atoms with Crippen molar-refractivity contribution in [3.63, 3.8) is 0 Å². The maximum atomic E-state index is 12.1. The molecule has 0 radical (unpaired) electrons. The molecule has 1 saturated heterocycles. The van der Waals surface area contributed by atoms with Gasteiger partial charge in [0.1, 0.15) is 4.88 Å². The molecule has 5 nitrogen and oxygen atoms in total. The lowest BCUT2D eigenvalue weighted by molar-refractivity contribution is -0.120. The van der Waals surface area contributed by atoms with E-state index in [0.717, 1.165) is 6.54 Å². The third-order valence-electron chi connectivity index (χ3n) is 3.15. The van der Waals surface area contributed by atoms with E-state index in [1.54, 1.807) is 11.4 Å². The molecule has 2 N–H and O–H groups in total. The fraction of sp³-hybridized carbons (Fsp3) is 0.500. The van der Waals surface area contributed by atoms with Crippen LogP contribution in [0.1, 0.15) is 16.6 Å². The zero-order chi connectivity index (χ0) is 13.1. The molecule has 0 spiro atoms. The number of anilines is 1. The van der Waals surface area contributed by atoms with Gasteiger partial charge in [-0.2, -0.15) is 0 Å². The van der Waals surface area contributed by atoms with Crippen LogP contribution in [0.2, 0.25) is 0 Å². The van der Waals surface area contributed by atoms with Crippen LogP contribution in [0.5, 0.6) is 0 Å². The molecule has 0 aromatic carbocycles. The summed E-state index contributed by atoms with van der Waals surface area (Å²) >= 11 is 1.26. The number of methoxy groups -OCH3 is 1. The predicted molar refractivity (Wildman–Crippen MR) is 69.8 cm³/mol. The minimum absolute atomic E-state index is 0.0453. The second-order valence-corrected chi connectivity index (χ2v) is 5.30. The van der Waals surface area contributed by atoms with Crippen molar-refractivity contribution in [2.45, 2.75) is 6.92 Å². The van der Waals surface area contributed by atoms with Crippen molar-refractivity contribution < 1.29 is 14.3 Å². The molecule has 1 aromatic heterocycles. The highest BCUT2D eigenvalue weighted by Crippen LogP contribution is 2.25. The monoisotopic (exact) mass is 268 g/mol. The SMILES string of the molecule is COC(=O)c1sccc1NC(=O)C1CNCC1C. The maximum Gasteiger partial charge on any atom is 0.350 e. The van der Waals surface area contributed by atoms with Crippen molar-refractivity contribution in [2.75, 3.05) is 25.5 Å². The standard InChI is InChI=1S/C12H16N2O3S/c1-7-5-13-6-8(7)11(15)14-9-3-4-18-10(9)12(16)17-2/h3-4,7-8,13H,5-6H2,1-2H3,(H,14,15). The van der Waals surface area contributed by atoms with Crippen LogP contribution in [-0.4, -0.2) is 32.1 Å². The Hall–Kier alpha value is -1.40. The second-order valence-electron chi connectivity index (χ2n) is 4.39. The quantitative estimate of drug-likeness (QED) is 0.812. The van der Waals surface area contributed by atoms with Gasteiger partial charge in [-0.1, -0.05) is 6.92 Å². The van der Waals surface area contributed by atoms with Crippen molar-refractivity contribution in [1.82, 2.24) is 5.32 Å². The van der Waals surface area contributed by atoms with Gasteiger partial charge in [-0.15, -0.1) is 11.3 Å². The van der Waals surface area contributed by atoms with Gasteiger partial charge in [-0.3, -0.25) is 4.79 Å². The van der Waals surface area contributed by atoms with Crippen LogP contribution in [0.4, 0.5) is 5.69 Å². The molecule has 1 aliphatic rings. The molecule has 2 unspecified atom stereocenters. The van der Waals surface area contributed by atoms with Gasteiger partial charge in [0.2, 0.25) is 5.91 Å². The molecule has 1 fully saturated rings. The Morgan fingerprint density at radius 2 is 2.28 bits per heavy atom. The number of amides is 1. The minimum Gasteiger partial charge on any atom is -0.465 e. The smallest absolute Gasteiger partial charge is 0.350 e. The Bertz CT molecular complexity index is 458. The molecule has 1 aliphatic heterocycles. The number of carbonyl (C=O) groups is 2. The summed E-state index contributed by atoms with van der Waals surface area (Å²) in [6.45, 7) is 3.58. The van der Waals surface area contributed by atoms with Gasteiger partial charge in [-0.25, -0.2) is 4.79 Å². The lowest BCUT2D eigenvalue weighted by Crippen LogP contribution is -2.28. The third-order valence-corrected chi connectivity index (χ3v) is 4.04. The number of ether oxygens (including phenoxy) is 1. The summed E-state index contributed by atoms with van der Waals surface area (Å²) in [5.74, 6) is -0.199. The van der Waals surface area contributed by atoms with E-state index in [9.17, 15) is 9.59 Å². The number of nitrogens with one attached hydrogen (secondary N) is 2. The summed E-state index contributed by atoms with van der Waals surface area (Å²) in [6.07, 6.45) is 0. The van der Waals surface area contributed by atoms with E-state index in [4.69, 9.17) is 0 Å². The Labute approximate surface area is 110 Å². The van der Waals surface area contributed by atoms with Gasteiger partial charge in [0.25, 0.3) is 0 Å². The van der Waals surface area contributed by atoms with Gasteiger partial charge in [0.05, 0.1) is 18.7 Å². The van der Waals surface area contributed by atoms with Crippen molar-refractivity contribution >= 4 is 28.9 Å². The summed E-state index contributed by atoms with van der Waals surface area (Å²) in [7, 11) is 1.33. The Balaban J connectivity index is 2.07. The molecule has 0 aliphatic carbocycles. The van der Waals surface area contributed by atoms with Gasteiger partial charge >= 0.3 is 5.97 Å². The predicted octanol–water partition coefficient (Wildman–Crippen LogP) is 1.33. The number of carbonyl (C=O) groups excluding carboxylic acids is 2. The second kappa shape index (κ2) is 5.49. The molecule has 0 saturated carbocycles. The van der Waals surface area contributed by atoms with Crippen LogP contribution in [-0.2, 0) is 9.53 Å². The normalized spacial score (nSPS) is 22.8. The maximum absolute atomic E-state index is 12.1. The number of esters is 1. The summed E-state index contributed by atoms with van der Waals surface area (Å²) in [5, 5.41) is 7.75. The van der Waals surface area contributed by atoms with Crippen LogP contribution in [0, 0.1) is 11.8 Å².